The molecule has 1 aliphatic rings. The minimum Gasteiger partial charge on any atom is -0.459 e. The standard InChI is InChI=1S/C26H29N3O4S/c1-18(2)33-26(31)21-4-3-5-22(14-21)27-24(30)15-23-17-34-25(28-23)20-8-6-19(7-9-20)16-29-10-12-32-13-11-29/h3-9,14,17-18H,10-13,15-16H2,1-2H3,(H,27,30). The molecule has 1 saturated heterocycles. The molecule has 0 aliphatic carbocycles. The fraction of sp³-hybridized carbons (Fsp3) is 0.346. The fourth-order valence-electron chi connectivity index (χ4n) is 3.67. The molecule has 0 atom stereocenters. The monoisotopic (exact) mass is 479 g/mol. The van der Waals surface area contributed by atoms with E-state index in [2.05, 4.69) is 39.5 Å². The molecule has 1 aliphatic heterocycles. The van der Waals surface area contributed by atoms with Gasteiger partial charge in [-0.3, -0.25) is 9.69 Å². The van der Waals surface area contributed by atoms with E-state index in [0.717, 1.165) is 43.4 Å². The third-order valence-electron chi connectivity index (χ3n) is 5.33. The molecular weight excluding hydrogens is 450 g/mol. The lowest BCUT2D eigenvalue weighted by Crippen LogP contribution is -2.35. The van der Waals surface area contributed by atoms with E-state index in [0.29, 0.717) is 16.9 Å². The molecule has 2 aromatic carbocycles. The van der Waals surface area contributed by atoms with Crippen LogP contribution in [0.4, 0.5) is 5.69 Å². The van der Waals surface area contributed by atoms with E-state index in [9.17, 15) is 9.59 Å². The van der Waals surface area contributed by atoms with Gasteiger partial charge in [0.1, 0.15) is 5.01 Å². The van der Waals surface area contributed by atoms with Crippen LogP contribution in [0, 0.1) is 0 Å². The predicted octanol–water partition coefficient (Wildman–Crippen LogP) is 4.39. The van der Waals surface area contributed by atoms with Crippen molar-refractivity contribution in [1.82, 2.24) is 9.88 Å². The number of carbonyl (C=O) groups is 2. The lowest BCUT2D eigenvalue weighted by molar-refractivity contribution is -0.115. The van der Waals surface area contributed by atoms with Crippen molar-refractivity contribution in [1.29, 1.82) is 0 Å². The smallest absolute Gasteiger partial charge is 0.338 e. The van der Waals surface area contributed by atoms with Gasteiger partial charge in [0.15, 0.2) is 0 Å². The van der Waals surface area contributed by atoms with Crippen molar-refractivity contribution in [3.05, 3.63) is 70.7 Å². The molecule has 2 heterocycles. The third-order valence-corrected chi connectivity index (χ3v) is 6.27. The van der Waals surface area contributed by atoms with Crippen LogP contribution < -0.4 is 5.32 Å². The highest BCUT2D eigenvalue weighted by Crippen LogP contribution is 2.25. The number of benzene rings is 2. The van der Waals surface area contributed by atoms with Crippen LogP contribution in [-0.2, 0) is 27.2 Å². The van der Waals surface area contributed by atoms with Gasteiger partial charge >= 0.3 is 5.97 Å². The summed E-state index contributed by atoms with van der Waals surface area (Å²) in [6, 6.07) is 15.2. The Hall–Kier alpha value is -3.07. The molecule has 0 radical (unpaired) electrons. The van der Waals surface area contributed by atoms with Crippen molar-refractivity contribution in [2.45, 2.75) is 32.9 Å². The maximum Gasteiger partial charge on any atom is 0.338 e. The number of rotatable bonds is 8. The zero-order chi connectivity index (χ0) is 23.9. The van der Waals surface area contributed by atoms with Gasteiger partial charge in [0.2, 0.25) is 5.91 Å². The van der Waals surface area contributed by atoms with E-state index in [4.69, 9.17) is 9.47 Å². The van der Waals surface area contributed by atoms with Gasteiger partial charge in [0.05, 0.1) is 37.0 Å². The lowest BCUT2D eigenvalue weighted by Gasteiger charge is -2.26. The Kier molecular flexibility index (Phi) is 8.05. The summed E-state index contributed by atoms with van der Waals surface area (Å²) in [6.45, 7) is 8.03. The van der Waals surface area contributed by atoms with Crippen LogP contribution in [0.25, 0.3) is 10.6 Å². The molecule has 8 heteroatoms. The van der Waals surface area contributed by atoms with E-state index in [1.165, 1.54) is 16.9 Å². The van der Waals surface area contributed by atoms with Crippen molar-refractivity contribution in [3.8, 4) is 10.6 Å². The van der Waals surface area contributed by atoms with E-state index >= 15 is 0 Å². The normalized spacial score (nSPS) is 14.2. The molecule has 1 N–H and O–H groups in total. The highest BCUT2D eigenvalue weighted by atomic mass is 32.1. The molecule has 0 bridgehead atoms. The maximum atomic E-state index is 12.5. The first-order valence-corrected chi connectivity index (χ1v) is 12.3. The molecule has 3 aromatic rings. The second kappa shape index (κ2) is 11.4. The molecule has 0 saturated carbocycles. The Morgan fingerprint density at radius 3 is 2.65 bits per heavy atom. The molecule has 0 unspecified atom stereocenters. The number of hydrogen-bond acceptors (Lipinski definition) is 7. The molecular formula is C26H29N3O4S. The van der Waals surface area contributed by atoms with Gasteiger partial charge in [0, 0.05) is 36.3 Å². The van der Waals surface area contributed by atoms with E-state index < -0.39 is 5.97 Å². The number of nitrogens with one attached hydrogen (secondary N) is 1. The number of morpholine rings is 1. The Labute approximate surface area is 203 Å². The summed E-state index contributed by atoms with van der Waals surface area (Å²) in [7, 11) is 0. The van der Waals surface area contributed by atoms with Gasteiger partial charge in [0.25, 0.3) is 0 Å². The summed E-state index contributed by atoms with van der Waals surface area (Å²) in [5.74, 6) is -0.599. The van der Waals surface area contributed by atoms with Crippen LogP contribution in [0.3, 0.4) is 0 Å². The number of carbonyl (C=O) groups excluding carboxylic acids is 2. The zero-order valence-corrected chi connectivity index (χ0v) is 20.3. The minimum absolute atomic E-state index is 0.159. The fourth-order valence-corrected chi connectivity index (χ4v) is 4.49. The number of hydrogen-bond donors (Lipinski definition) is 1. The molecule has 34 heavy (non-hydrogen) atoms. The van der Waals surface area contributed by atoms with Crippen LogP contribution in [-0.4, -0.2) is 54.2 Å². The Balaban J connectivity index is 1.33. The number of esters is 1. The van der Waals surface area contributed by atoms with Gasteiger partial charge in [-0.2, -0.15) is 0 Å². The van der Waals surface area contributed by atoms with Crippen LogP contribution in [0.2, 0.25) is 0 Å². The van der Waals surface area contributed by atoms with Gasteiger partial charge in [-0.25, -0.2) is 9.78 Å². The third kappa shape index (κ3) is 6.72. The van der Waals surface area contributed by atoms with Crippen LogP contribution >= 0.6 is 11.3 Å². The number of thiazole rings is 1. The van der Waals surface area contributed by atoms with Gasteiger partial charge in [-0.05, 0) is 37.6 Å². The number of nitrogens with zero attached hydrogens (tertiary/aromatic N) is 2. The summed E-state index contributed by atoms with van der Waals surface area (Å²) >= 11 is 1.53. The van der Waals surface area contributed by atoms with Crippen molar-refractivity contribution in [2.75, 3.05) is 31.6 Å². The number of ether oxygens (including phenoxy) is 2. The summed E-state index contributed by atoms with van der Waals surface area (Å²) in [4.78, 5) is 31.7. The predicted molar refractivity (Wildman–Crippen MR) is 133 cm³/mol. The molecule has 7 nitrogen and oxygen atoms in total. The topological polar surface area (TPSA) is 80.8 Å². The quantitative estimate of drug-likeness (QED) is 0.483. The average molecular weight is 480 g/mol. The van der Waals surface area contributed by atoms with Gasteiger partial charge in [-0.15, -0.1) is 11.3 Å². The van der Waals surface area contributed by atoms with Crippen LogP contribution in [0.1, 0.15) is 35.5 Å². The summed E-state index contributed by atoms with van der Waals surface area (Å²) in [5.41, 5.74) is 3.97. The molecule has 178 valence electrons. The summed E-state index contributed by atoms with van der Waals surface area (Å²) < 4.78 is 10.6. The molecule has 1 fully saturated rings. The SMILES string of the molecule is CC(C)OC(=O)c1cccc(NC(=O)Cc2csc(-c3ccc(CN4CCOCC4)cc3)n2)c1. The summed E-state index contributed by atoms with van der Waals surface area (Å²) in [6.07, 6.45) is -0.0442. The van der Waals surface area contributed by atoms with Crippen molar-refractivity contribution < 1.29 is 19.1 Å². The number of amides is 1. The largest absolute Gasteiger partial charge is 0.459 e. The second-order valence-electron chi connectivity index (χ2n) is 8.49. The van der Waals surface area contributed by atoms with E-state index in [1.807, 2.05) is 5.38 Å². The molecule has 1 amide bonds. The maximum absolute atomic E-state index is 12.5. The first-order chi connectivity index (χ1) is 16.5. The number of anilines is 1. The first kappa shape index (κ1) is 24.1. The number of aromatic nitrogens is 1. The average Bonchev–Trinajstić information content (AvgIpc) is 3.28. The zero-order valence-electron chi connectivity index (χ0n) is 19.5. The lowest BCUT2D eigenvalue weighted by atomic mass is 10.1. The van der Waals surface area contributed by atoms with E-state index in [-0.39, 0.29) is 18.4 Å². The highest BCUT2D eigenvalue weighted by molar-refractivity contribution is 7.13. The van der Waals surface area contributed by atoms with Gasteiger partial charge < -0.3 is 14.8 Å². The van der Waals surface area contributed by atoms with E-state index in [1.54, 1.807) is 38.1 Å². The first-order valence-electron chi connectivity index (χ1n) is 11.4. The van der Waals surface area contributed by atoms with Gasteiger partial charge in [-0.1, -0.05) is 30.3 Å². The summed E-state index contributed by atoms with van der Waals surface area (Å²) in [5, 5.41) is 5.64. The Morgan fingerprint density at radius 1 is 1.15 bits per heavy atom. The Morgan fingerprint density at radius 2 is 1.91 bits per heavy atom. The molecule has 4 rings (SSSR count). The van der Waals surface area contributed by atoms with Crippen molar-refractivity contribution in [3.63, 3.8) is 0 Å². The molecule has 0 spiro atoms. The molecule has 1 aromatic heterocycles. The van der Waals surface area contributed by atoms with Crippen LogP contribution in [0.15, 0.2) is 53.9 Å². The Bertz CT molecular complexity index is 1120. The second-order valence-corrected chi connectivity index (χ2v) is 9.35. The highest BCUT2D eigenvalue weighted by Gasteiger charge is 2.14. The minimum atomic E-state index is -0.411. The van der Waals surface area contributed by atoms with Crippen molar-refractivity contribution >= 4 is 28.9 Å². The van der Waals surface area contributed by atoms with Crippen LogP contribution in [0.5, 0.6) is 0 Å². The van der Waals surface area contributed by atoms with Crippen molar-refractivity contribution in [2.24, 2.45) is 0 Å².